The van der Waals surface area contributed by atoms with Gasteiger partial charge in [0.25, 0.3) is 0 Å². The van der Waals surface area contributed by atoms with Crippen LogP contribution in [0.5, 0.6) is 5.88 Å². The molecule has 0 aromatic carbocycles. The molecule has 0 atom stereocenters. The number of ether oxygens (including phenoxy) is 1. The van der Waals surface area contributed by atoms with E-state index in [1.165, 1.54) is 13.2 Å². The van der Waals surface area contributed by atoms with Crippen LogP contribution >= 0.6 is 0 Å². The number of aliphatic carboxylic acids is 1. The lowest BCUT2D eigenvalue weighted by molar-refractivity contribution is -0.134. The number of carbonyl (C=O) groups is 1. The molecule has 2 N–H and O–H groups in total. The number of hydrogen-bond donors (Lipinski definition) is 2. The highest BCUT2D eigenvalue weighted by Crippen LogP contribution is 2.11. The van der Waals surface area contributed by atoms with Crippen LogP contribution in [0.3, 0.4) is 0 Å². The standard InChI is InChI=1S/C8H11N3O3/c1-5-10-6(9-4-8(12)13)3-7(11-5)14-2/h3H,4H2,1-2H3,(H,12,13)(H,9,10,11). The molecule has 0 spiro atoms. The molecule has 1 heterocycles. The van der Waals surface area contributed by atoms with Crippen molar-refractivity contribution >= 4 is 11.8 Å². The largest absolute Gasteiger partial charge is 0.481 e. The second kappa shape index (κ2) is 4.40. The molecule has 1 rings (SSSR count). The number of carboxylic acids is 1. The van der Waals surface area contributed by atoms with Crippen LogP contribution in [0.15, 0.2) is 6.07 Å². The fourth-order valence-corrected chi connectivity index (χ4v) is 0.902. The number of aryl methyl sites for hydroxylation is 1. The minimum absolute atomic E-state index is 0.181. The number of carboxylic acid groups (broad SMARTS) is 1. The summed E-state index contributed by atoms with van der Waals surface area (Å²) >= 11 is 0. The van der Waals surface area contributed by atoms with E-state index in [9.17, 15) is 4.79 Å². The second-order valence-electron chi connectivity index (χ2n) is 2.59. The van der Waals surface area contributed by atoms with Crippen molar-refractivity contribution in [2.75, 3.05) is 19.0 Å². The van der Waals surface area contributed by atoms with Gasteiger partial charge in [0.15, 0.2) is 0 Å². The maximum Gasteiger partial charge on any atom is 0.322 e. The zero-order chi connectivity index (χ0) is 10.6. The third-order valence-corrected chi connectivity index (χ3v) is 1.44. The van der Waals surface area contributed by atoms with Gasteiger partial charge in [0.2, 0.25) is 5.88 Å². The molecule has 0 bridgehead atoms. The lowest BCUT2D eigenvalue weighted by Crippen LogP contribution is -2.13. The van der Waals surface area contributed by atoms with Gasteiger partial charge in [0.05, 0.1) is 7.11 Å². The van der Waals surface area contributed by atoms with E-state index in [1.807, 2.05) is 0 Å². The van der Waals surface area contributed by atoms with Gasteiger partial charge in [0, 0.05) is 6.07 Å². The normalized spacial score (nSPS) is 9.57. The molecule has 6 heteroatoms. The minimum Gasteiger partial charge on any atom is -0.481 e. The maximum absolute atomic E-state index is 10.3. The Morgan fingerprint density at radius 3 is 2.93 bits per heavy atom. The van der Waals surface area contributed by atoms with Crippen LogP contribution in [0.2, 0.25) is 0 Å². The summed E-state index contributed by atoms with van der Waals surface area (Å²) in [6, 6.07) is 1.54. The summed E-state index contributed by atoms with van der Waals surface area (Å²) in [5.41, 5.74) is 0. The predicted octanol–water partition coefficient (Wildman–Crippen LogP) is 0.290. The number of methoxy groups -OCH3 is 1. The van der Waals surface area contributed by atoms with E-state index < -0.39 is 5.97 Å². The molecule has 76 valence electrons. The molecular formula is C8H11N3O3. The molecule has 0 unspecified atom stereocenters. The highest BCUT2D eigenvalue weighted by molar-refractivity contribution is 5.72. The number of hydrogen-bond acceptors (Lipinski definition) is 5. The zero-order valence-electron chi connectivity index (χ0n) is 7.94. The number of nitrogens with one attached hydrogen (secondary N) is 1. The highest BCUT2D eigenvalue weighted by atomic mass is 16.5. The van der Waals surface area contributed by atoms with Crippen LogP contribution < -0.4 is 10.1 Å². The second-order valence-corrected chi connectivity index (χ2v) is 2.59. The Bertz CT molecular complexity index is 341. The van der Waals surface area contributed by atoms with E-state index in [2.05, 4.69) is 15.3 Å². The summed E-state index contributed by atoms with van der Waals surface area (Å²) in [7, 11) is 1.49. The SMILES string of the molecule is COc1cc(NCC(=O)O)nc(C)n1. The maximum atomic E-state index is 10.3. The van der Waals surface area contributed by atoms with Crippen LogP contribution in [-0.2, 0) is 4.79 Å². The van der Waals surface area contributed by atoms with Crippen molar-refractivity contribution in [2.24, 2.45) is 0 Å². The molecule has 0 amide bonds. The van der Waals surface area contributed by atoms with Crippen molar-refractivity contribution in [3.05, 3.63) is 11.9 Å². The summed E-state index contributed by atoms with van der Waals surface area (Å²) in [4.78, 5) is 18.2. The summed E-state index contributed by atoms with van der Waals surface area (Å²) in [6.07, 6.45) is 0. The van der Waals surface area contributed by atoms with Gasteiger partial charge in [-0.2, -0.15) is 4.98 Å². The molecule has 0 radical (unpaired) electrons. The quantitative estimate of drug-likeness (QED) is 0.721. The molecule has 14 heavy (non-hydrogen) atoms. The van der Waals surface area contributed by atoms with Crippen molar-refractivity contribution in [1.82, 2.24) is 9.97 Å². The molecule has 0 saturated carbocycles. The van der Waals surface area contributed by atoms with Gasteiger partial charge in [-0.3, -0.25) is 4.79 Å². The fourth-order valence-electron chi connectivity index (χ4n) is 0.902. The molecule has 0 fully saturated rings. The molecule has 0 aliphatic rings. The highest BCUT2D eigenvalue weighted by Gasteiger charge is 2.02. The van der Waals surface area contributed by atoms with Crippen LogP contribution in [0.1, 0.15) is 5.82 Å². The Morgan fingerprint density at radius 2 is 2.36 bits per heavy atom. The van der Waals surface area contributed by atoms with E-state index in [0.29, 0.717) is 17.5 Å². The third-order valence-electron chi connectivity index (χ3n) is 1.44. The van der Waals surface area contributed by atoms with Gasteiger partial charge < -0.3 is 15.2 Å². The van der Waals surface area contributed by atoms with Gasteiger partial charge in [0.1, 0.15) is 18.2 Å². The van der Waals surface area contributed by atoms with Gasteiger partial charge in [-0.25, -0.2) is 4.98 Å². The molecule has 0 aliphatic heterocycles. The van der Waals surface area contributed by atoms with Crippen molar-refractivity contribution in [2.45, 2.75) is 6.92 Å². The van der Waals surface area contributed by atoms with Crippen molar-refractivity contribution in [3.63, 3.8) is 0 Å². The first-order chi connectivity index (χ1) is 6.61. The number of rotatable bonds is 4. The lowest BCUT2D eigenvalue weighted by atomic mass is 10.5. The van der Waals surface area contributed by atoms with Crippen LogP contribution in [0.25, 0.3) is 0 Å². The average molecular weight is 197 g/mol. The molecule has 6 nitrogen and oxygen atoms in total. The van der Waals surface area contributed by atoms with Crippen molar-refractivity contribution in [1.29, 1.82) is 0 Å². The van der Waals surface area contributed by atoms with Gasteiger partial charge >= 0.3 is 5.97 Å². The Morgan fingerprint density at radius 1 is 1.64 bits per heavy atom. The van der Waals surface area contributed by atoms with E-state index in [1.54, 1.807) is 6.92 Å². The average Bonchev–Trinajstić information content (AvgIpc) is 2.14. The number of aromatic nitrogens is 2. The molecule has 1 aromatic heterocycles. The molecule has 0 aliphatic carbocycles. The number of nitrogens with zero attached hydrogens (tertiary/aromatic N) is 2. The zero-order valence-corrected chi connectivity index (χ0v) is 7.94. The lowest BCUT2D eigenvalue weighted by Gasteiger charge is -2.05. The predicted molar refractivity (Wildman–Crippen MR) is 49.4 cm³/mol. The monoisotopic (exact) mass is 197 g/mol. The van der Waals surface area contributed by atoms with Crippen molar-refractivity contribution < 1.29 is 14.6 Å². The van der Waals surface area contributed by atoms with Gasteiger partial charge in [-0.1, -0.05) is 0 Å². The van der Waals surface area contributed by atoms with E-state index in [-0.39, 0.29) is 6.54 Å². The first-order valence-corrected chi connectivity index (χ1v) is 3.97. The smallest absolute Gasteiger partial charge is 0.322 e. The number of anilines is 1. The topological polar surface area (TPSA) is 84.3 Å². The van der Waals surface area contributed by atoms with E-state index in [0.717, 1.165) is 0 Å². The van der Waals surface area contributed by atoms with E-state index >= 15 is 0 Å². The Labute approximate surface area is 80.9 Å². The molecule has 0 saturated heterocycles. The van der Waals surface area contributed by atoms with Crippen LogP contribution in [-0.4, -0.2) is 34.7 Å². The first-order valence-electron chi connectivity index (χ1n) is 3.97. The third kappa shape index (κ3) is 2.89. The molecule has 1 aromatic rings. The van der Waals surface area contributed by atoms with Crippen LogP contribution in [0.4, 0.5) is 5.82 Å². The Balaban J connectivity index is 2.76. The van der Waals surface area contributed by atoms with E-state index in [4.69, 9.17) is 9.84 Å². The summed E-state index contributed by atoms with van der Waals surface area (Å²) in [5.74, 6) is 0.430. The van der Waals surface area contributed by atoms with Crippen LogP contribution in [0, 0.1) is 6.92 Å². The summed E-state index contributed by atoms with van der Waals surface area (Å²) in [5, 5.41) is 11.1. The van der Waals surface area contributed by atoms with Crippen molar-refractivity contribution in [3.8, 4) is 5.88 Å². The fraction of sp³-hybridized carbons (Fsp3) is 0.375. The minimum atomic E-state index is -0.944. The Kier molecular flexibility index (Phi) is 3.22. The molecular weight excluding hydrogens is 186 g/mol. The van der Waals surface area contributed by atoms with Gasteiger partial charge in [-0.15, -0.1) is 0 Å². The summed E-state index contributed by atoms with van der Waals surface area (Å²) in [6.45, 7) is 1.52. The summed E-state index contributed by atoms with van der Waals surface area (Å²) < 4.78 is 4.90. The first kappa shape index (κ1) is 10.2. The van der Waals surface area contributed by atoms with Gasteiger partial charge in [-0.05, 0) is 6.92 Å². The Hall–Kier alpha value is -1.85.